The summed E-state index contributed by atoms with van der Waals surface area (Å²) >= 11 is 0. The first-order chi connectivity index (χ1) is 6.27. The first-order valence-electron chi connectivity index (χ1n) is 3.81. The van der Waals surface area contributed by atoms with Crippen LogP contribution in [0.2, 0.25) is 0 Å². The van der Waals surface area contributed by atoms with Crippen molar-refractivity contribution >= 4 is 17.9 Å². The smallest absolute Gasteiger partial charge is 0.211 e. The maximum atomic E-state index is 11.1. The molecule has 3 N–H and O–H groups in total. The van der Waals surface area contributed by atoms with E-state index in [0.717, 1.165) is 0 Å². The zero-order valence-electron chi connectivity index (χ0n) is 6.99. The van der Waals surface area contributed by atoms with Crippen molar-refractivity contribution in [3.63, 3.8) is 0 Å². The number of nitrogens with one attached hydrogen (secondary N) is 1. The molecule has 0 heterocycles. The van der Waals surface area contributed by atoms with Gasteiger partial charge >= 0.3 is 0 Å². The van der Waals surface area contributed by atoms with Crippen molar-refractivity contribution in [2.75, 3.05) is 11.9 Å². The van der Waals surface area contributed by atoms with Crippen molar-refractivity contribution in [1.29, 1.82) is 0 Å². The molecule has 1 rings (SSSR count). The molecule has 1 aromatic rings. The van der Waals surface area contributed by atoms with Gasteiger partial charge in [-0.3, -0.25) is 9.59 Å². The molecule has 0 aliphatic heterocycles. The number of carbonyl (C=O) groups is 2. The van der Waals surface area contributed by atoms with Crippen LogP contribution in [-0.2, 0) is 4.79 Å². The van der Waals surface area contributed by atoms with E-state index in [-0.39, 0.29) is 12.3 Å². The Hall–Kier alpha value is -1.68. The van der Waals surface area contributed by atoms with Gasteiger partial charge in [0, 0.05) is 11.3 Å². The average Bonchev–Trinajstić information content (AvgIpc) is 2.18. The number of anilines is 1. The molecular weight excluding hydrogens is 168 g/mol. The molecule has 0 bridgehead atoms. The number of rotatable bonds is 4. The molecule has 0 fully saturated rings. The normalized spacial score (nSPS) is 9.31. The minimum Gasteiger partial charge on any atom is -0.329 e. The van der Waals surface area contributed by atoms with Gasteiger partial charge in [-0.2, -0.15) is 0 Å². The van der Waals surface area contributed by atoms with Crippen LogP contribution in [0.3, 0.4) is 0 Å². The van der Waals surface area contributed by atoms with Crippen molar-refractivity contribution in [3.8, 4) is 0 Å². The molecule has 0 aliphatic carbocycles. The Morgan fingerprint density at radius 1 is 1.38 bits per heavy atom. The van der Waals surface area contributed by atoms with Crippen LogP contribution in [-0.4, -0.2) is 18.7 Å². The van der Waals surface area contributed by atoms with Gasteiger partial charge < -0.3 is 11.1 Å². The summed E-state index contributed by atoms with van der Waals surface area (Å²) in [6, 6.07) is 6.55. The van der Waals surface area contributed by atoms with Crippen molar-refractivity contribution < 1.29 is 9.59 Å². The van der Waals surface area contributed by atoms with Gasteiger partial charge in [-0.1, -0.05) is 0 Å². The van der Waals surface area contributed by atoms with E-state index in [9.17, 15) is 9.59 Å². The van der Waals surface area contributed by atoms with Crippen LogP contribution in [0.1, 0.15) is 10.4 Å². The molecule has 0 saturated heterocycles. The second-order valence-electron chi connectivity index (χ2n) is 2.47. The van der Waals surface area contributed by atoms with Crippen LogP contribution in [0.4, 0.5) is 5.69 Å². The number of ketones is 1. The lowest BCUT2D eigenvalue weighted by molar-refractivity contribution is -0.105. The van der Waals surface area contributed by atoms with Crippen molar-refractivity contribution in [2.24, 2.45) is 5.73 Å². The molecule has 68 valence electrons. The Morgan fingerprint density at radius 3 is 2.46 bits per heavy atom. The van der Waals surface area contributed by atoms with Crippen LogP contribution in [0.5, 0.6) is 0 Å². The number of amides is 1. The number of Topliss-reactive ketones (excluding diaryl/α,β-unsaturated/α-hetero) is 1. The first kappa shape index (κ1) is 9.41. The van der Waals surface area contributed by atoms with Crippen LogP contribution in [0.25, 0.3) is 0 Å². The van der Waals surface area contributed by atoms with E-state index in [0.29, 0.717) is 17.7 Å². The Kier molecular flexibility index (Phi) is 3.16. The maximum Gasteiger partial charge on any atom is 0.211 e. The molecule has 13 heavy (non-hydrogen) atoms. The third kappa shape index (κ3) is 2.38. The molecule has 0 radical (unpaired) electrons. The van der Waals surface area contributed by atoms with Gasteiger partial charge in [0.05, 0.1) is 6.54 Å². The summed E-state index contributed by atoms with van der Waals surface area (Å²) in [5.41, 5.74) is 6.39. The zero-order chi connectivity index (χ0) is 9.68. The van der Waals surface area contributed by atoms with Crippen LogP contribution >= 0.6 is 0 Å². The predicted molar refractivity (Wildman–Crippen MR) is 49.5 cm³/mol. The predicted octanol–water partition coefficient (Wildman–Crippen LogP) is 0.396. The Morgan fingerprint density at radius 2 is 2.00 bits per heavy atom. The minimum absolute atomic E-state index is 0.000452. The fourth-order valence-corrected chi connectivity index (χ4v) is 0.938. The number of carbonyl (C=O) groups excluding carboxylic acids is 2. The molecule has 1 amide bonds. The quantitative estimate of drug-likeness (QED) is 0.517. The fraction of sp³-hybridized carbons (Fsp3) is 0.111. The van der Waals surface area contributed by atoms with E-state index in [1.807, 2.05) is 0 Å². The maximum absolute atomic E-state index is 11.1. The molecule has 4 nitrogen and oxygen atoms in total. The molecular formula is C9H10N2O2. The molecule has 0 saturated carbocycles. The lowest BCUT2D eigenvalue weighted by Gasteiger charge is -2.00. The van der Waals surface area contributed by atoms with Gasteiger partial charge in [0.25, 0.3) is 0 Å². The fourth-order valence-electron chi connectivity index (χ4n) is 0.938. The van der Waals surface area contributed by atoms with Gasteiger partial charge in [0.1, 0.15) is 0 Å². The van der Waals surface area contributed by atoms with E-state index in [4.69, 9.17) is 5.73 Å². The standard InChI is InChI=1S/C9H10N2O2/c10-5-9(13)7-1-3-8(4-2-7)11-6-12/h1-4,6H,5,10H2,(H,11,12). The molecule has 4 heteroatoms. The first-order valence-corrected chi connectivity index (χ1v) is 3.81. The van der Waals surface area contributed by atoms with Crippen LogP contribution in [0, 0.1) is 0 Å². The second kappa shape index (κ2) is 4.37. The summed E-state index contributed by atoms with van der Waals surface area (Å²) in [4.78, 5) is 21.1. The lowest BCUT2D eigenvalue weighted by Crippen LogP contribution is -2.13. The molecule has 0 atom stereocenters. The monoisotopic (exact) mass is 178 g/mol. The highest BCUT2D eigenvalue weighted by Crippen LogP contribution is 2.08. The number of hydrogen-bond donors (Lipinski definition) is 2. The molecule has 0 aliphatic rings. The minimum atomic E-state index is -0.113. The summed E-state index contributed by atoms with van der Waals surface area (Å²) < 4.78 is 0. The highest BCUT2D eigenvalue weighted by molar-refractivity contribution is 5.97. The summed E-state index contributed by atoms with van der Waals surface area (Å²) in [5.74, 6) is -0.113. The van der Waals surface area contributed by atoms with E-state index < -0.39 is 0 Å². The topological polar surface area (TPSA) is 72.2 Å². The summed E-state index contributed by atoms with van der Waals surface area (Å²) in [6.45, 7) is 0.000452. The van der Waals surface area contributed by atoms with Crippen molar-refractivity contribution in [3.05, 3.63) is 29.8 Å². The zero-order valence-corrected chi connectivity index (χ0v) is 6.99. The average molecular weight is 178 g/mol. The summed E-state index contributed by atoms with van der Waals surface area (Å²) in [7, 11) is 0. The van der Waals surface area contributed by atoms with Crippen molar-refractivity contribution in [1.82, 2.24) is 0 Å². The Bertz CT molecular complexity index is 306. The molecule has 0 spiro atoms. The summed E-state index contributed by atoms with van der Waals surface area (Å²) in [6.07, 6.45) is 0.583. The Balaban J connectivity index is 2.80. The van der Waals surface area contributed by atoms with Crippen LogP contribution < -0.4 is 11.1 Å². The highest BCUT2D eigenvalue weighted by Gasteiger charge is 2.01. The number of hydrogen-bond acceptors (Lipinski definition) is 3. The molecule has 1 aromatic carbocycles. The highest BCUT2D eigenvalue weighted by atomic mass is 16.1. The van der Waals surface area contributed by atoms with E-state index in [2.05, 4.69) is 5.32 Å². The van der Waals surface area contributed by atoms with Crippen LogP contribution in [0.15, 0.2) is 24.3 Å². The van der Waals surface area contributed by atoms with Gasteiger partial charge in [0.2, 0.25) is 6.41 Å². The SMILES string of the molecule is NCC(=O)c1ccc(NC=O)cc1. The van der Waals surface area contributed by atoms with Crippen molar-refractivity contribution in [2.45, 2.75) is 0 Å². The number of benzene rings is 1. The third-order valence-corrected chi connectivity index (χ3v) is 1.62. The molecule has 0 aromatic heterocycles. The van der Waals surface area contributed by atoms with E-state index in [1.54, 1.807) is 24.3 Å². The van der Waals surface area contributed by atoms with Gasteiger partial charge in [-0.25, -0.2) is 0 Å². The van der Waals surface area contributed by atoms with Gasteiger partial charge in [-0.05, 0) is 24.3 Å². The Labute approximate surface area is 75.7 Å². The largest absolute Gasteiger partial charge is 0.329 e. The second-order valence-corrected chi connectivity index (χ2v) is 2.47. The third-order valence-electron chi connectivity index (χ3n) is 1.62. The van der Waals surface area contributed by atoms with E-state index >= 15 is 0 Å². The van der Waals surface area contributed by atoms with E-state index in [1.165, 1.54) is 0 Å². The molecule has 0 unspecified atom stereocenters. The lowest BCUT2D eigenvalue weighted by atomic mass is 10.1. The van der Waals surface area contributed by atoms with Gasteiger partial charge in [-0.15, -0.1) is 0 Å². The van der Waals surface area contributed by atoms with Gasteiger partial charge in [0.15, 0.2) is 5.78 Å². The number of nitrogens with two attached hydrogens (primary N) is 1. The summed E-state index contributed by atoms with van der Waals surface area (Å²) in [5, 5.41) is 2.47.